The number of carbonyl (C=O) groups excluding carboxylic acids is 1. The number of unbranched alkanes of at least 4 members (excludes halogenated alkanes) is 11. The van der Waals surface area contributed by atoms with E-state index in [1.54, 1.807) is 0 Å². The van der Waals surface area contributed by atoms with Gasteiger partial charge in [-0.05, 0) is 44.2 Å². The average Bonchev–Trinajstić information content (AvgIpc) is 2.70. The molecule has 0 fully saturated rings. The highest BCUT2D eigenvalue weighted by molar-refractivity contribution is 6.41. The van der Waals surface area contributed by atoms with E-state index in [-0.39, 0.29) is 27.0 Å². The number of hydrogen-bond acceptors (Lipinski definition) is 2. The van der Waals surface area contributed by atoms with E-state index in [1.165, 1.54) is 63.5 Å². The van der Waals surface area contributed by atoms with Gasteiger partial charge in [-0.3, -0.25) is 4.79 Å². The maximum Gasteiger partial charge on any atom is 0.337 e. The highest BCUT2D eigenvalue weighted by Crippen LogP contribution is 2.30. The zero-order valence-corrected chi connectivity index (χ0v) is 19.7. The third kappa shape index (κ3) is 10.6. The average molecular weight is 455 g/mol. The van der Waals surface area contributed by atoms with Gasteiger partial charge in [0.25, 0.3) is 0 Å². The molecule has 0 atom stereocenters. The molecule has 1 N–H and O–H groups in total. The number of hydrogen-bond donors (Lipinski definition) is 1. The number of benzene rings is 1. The third-order valence-electron chi connectivity index (χ3n) is 5.27. The van der Waals surface area contributed by atoms with Crippen LogP contribution in [0.5, 0.6) is 0 Å². The van der Waals surface area contributed by atoms with Crippen molar-refractivity contribution in [3.63, 3.8) is 0 Å². The SMILES string of the molecule is CCCCCCCCC=CCCCCCCCC(=O)c1c(Cl)ccc(C(=O)O)c1Cl. The predicted octanol–water partition coefficient (Wildman–Crippen LogP) is 8.91. The van der Waals surface area contributed by atoms with E-state index in [4.69, 9.17) is 28.3 Å². The van der Waals surface area contributed by atoms with Crippen LogP contribution < -0.4 is 0 Å². The van der Waals surface area contributed by atoms with Gasteiger partial charge in [0.15, 0.2) is 5.78 Å². The molecule has 0 aliphatic rings. The second-order valence-corrected chi connectivity index (χ2v) is 8.63. The standard InChI is InChI=1S/C25H36Cl2O3/c1-2-3-4-5-6-7-8-9-10-11-12-13-14-15-16-17-22(28)23-21(26)19-18-20(24(23)27)25(29)30/h9-10,18-19H,2-8,11-17H2,1H3,(H,29,30). The van der Waals surface area contributed by atoms with Gasteiger partial charge < -0.3 is 5.11 Å². The number of ketones is 1. The zero-order chi connectivity index (χ0) is 22.2. The maximum atomic E-state index is 12.4. The Morgan fingerprint density at radius 3 is 1.93 bits per heavy atom. The largest absolute Gasteiger partial charge is 0.478 e. The second-order valence-electron chi connectivity index (χ2n) is 7.85. The van der Waals surface area contributed by atoms with E-state index in [2.05, 4.69) is 19.1 Å². The van der Waals surface area contributed by atoms with Crippen molar-refractivity contribution in [2.45, 2.75) is 96.8 Å². The highest BCUT2D eigenvalue weighted by Gasteiger charge is 2.20. The molecule has 0 radical (unpaired) electrons. The van der Waals surface area contributed by atoms with Crippen molar-refractivity contribution < 1.29 is 14.7 Å². The topological polar surface area (TPSA) is 54.4 Å². The Hall–Kier alpha value is -1.32. The summed E-state index contributed by atoms with van der Waals surface area (Å²) < 4.78 is 0. The highest BCUT2D eigenvalue weighted by atomic mass is 35.5. The van der Waals surface area contributed by atoms with Crippen LogP contribution in [0, 0.1) is 0 Å². The number of allylic oxidation sites excluding steroid dienone is 2. The normalized spacial score (nSPS) is 11.3. The molecule has 0 unspecified atom stereocenters. The minimum Gasteiger partial charge on any atom is -0.478 e. The summed E-state index contributed by atoms with van der Waals surface area (Å²) in [4.78, 5) is 23.6. The summed E-state index contributed by atoms with van der Waals surface area (Å²) in [6.07, 6.45) is 20.5. The van der Waals surface area contributed by atoms with Crippen molar-refractivity contribution in [1.82, 2.24) is 0 Å². The Labute approximate surface area is 191 Å². The number of halogens is 2. The van der Waals surface area contributed by atoms with Gasteiger partial charge in [-0.1, -0.05) is 93.6 Å². The summed E-state index contributed by atoms with van der Waals surface area (Å²) in [5.74, 6) is -1.35. The first-order valence-electron chi connectivity index (χ1n) is 11.4. The minimum absolute atomic E-state index is 0.0623. The van der Waals surface area contributed by atoms with Crippen LogP contribution in [0.15, 0.2) is 24.3 Å². The second kappa shape index (κ2) is 16.4. The van der Waals surface area contributed by atoms with Gasteiger partial charge in [0.2, 0.25) is 0 Å². The molecule has 1 rings (SSSR count). The number of carboxylic acids is 1. The molecule has 3 nitrogen and oxygen atoms in total. The Kier molecular flexibility index (Phi) is 14.6. The monoisotopic (exact) mass is 454 g/mol. The van der Waals surface area contributed by atoms with E-state index < -0.39 is 5.97 Å². The molecule has 5 heteroatoms. The number of carbonyl (C=O) groups is 2. The van der Waals surface area contributed by atoms with Crippen molar-refractivity contribution in [2.75, 3.05) is 0 Å². The van der Waals surface area contributed by atoms with Gasteiger partial charge in [-0.25, -0.2) is 4.79 Å². The van der Waals surface area contributed by atoms with Gasteiger partial charge in [0.1, 0.15) is 0 Å². The molecule has 0 spiro atoms. The molecule has 168 valence electrons. The van der Waals surface area contributed by atoms with Crippen LogP contribution in [0.25, 0.3) is 0 Å². The number of aromatic carboxylic acids is 1. The molecular formula is C25H36Cl2O3. The molecule has 0 heterocycles. The lowest BCUT2D eigenvalue weighted by atomic mass is 10.0. The van der Waals surface area contributed by atoms with Crippen molar-refractivity contribution >= 4 is 35.0 Å². The molecule has 0 saturated heterocycles. The van der Waals surface area contributed by atoms with Crippen LogP contribution in [0.3, 0.4) is 0 Å². The van der Waals surface area contributed by atoms with E-state index >= 15 is 0 Å². The molecule has 0 bridgehead atoms. The van der Waals surface area contributed by atoms with Crippen LogP contribution in [-0.2, 0) is 0 Å². The van der Waals surface area contributed by atoms with Gasteiger partial charge in [0.05, 0.1) is 21.2 Å². The Balaban J connectivity index is 2.12. The predicted molar refractivity (Wildman–Crippen MR) is 127 cm³/mol. The summed E-state index contributed by atoms with van der Waals surface area (Å²) in [6.45, 7) is 2.25. The van der Waals surface area contributed by atoms with Crippen LogP contribution in [0.2, 0.25) is 10.0 Å². The van der Waals surface area contributed by atoms with E-state index in [1.807, 2.05) is 0 Å². The first kappa shape index (κ1) is 26.7. The smallest absolute Gasteiger partial charge is 0.337 e. The molecule has 1 aromatic rings. The van der Waals surface area contributed by atoms with Crippen molar-refractivity contribution in [2.24, 2.45) is 0 Å². The molecule has 1 aromatic carbocycles. The van der Waals surface area contributed by atoms with Gasteiger partial charge in [-0.2, -0.15) is 0 Å². The summed E-state index contributed by atoms with van der Waals surface area (Å²) in [5.41, 5.74) is 0.0442. The number of rotatable bonds is 17. The summed E-state index contributed by atoms with van der Waals surface area (Å²) in [5, 5.41) is 9.28. The van der Waals surface area contributed by atoms with Crippen LogP contribution in [-0.4, -0.2) is 16.9 Å². The van der Waals surface area contributed by atoms with Gasteiger partial charge in [-0.15, -0.1) is 0 Å². The van der Waals surface area contributed by atoms with E-state index in [9.17, 15) is 9.59 Å². The lowest BCUT2D eigenvalue weighted by Crippen LogP contribution is -2.06. The van der Waals surface area contributed by atoms with Crippen LogP contribution in [0.1, 0.15) is 118 Å². The van der Waals surface area contributed by atoms with Gasteiger partial charge >= 0.3 is 5.97 Å². The Morgan fingerprint density at radius 1 is 0.833 bits per heavy atom. The fourth-order valence-electron chi connectivity index (χ4n) is 3.45. The number of Topliss-reactive ketones (excluding diaryl/α,β-unsaturated/α-hetero) is 1. The van der Waals surface area contributed by atoms with Crippen molar-refractivity contribution in [3.8, 4) is 0 Å². The van der Waals surface area contributed by atoms with E-state index in [0.29, 0.717) is 6.42 Å². The number of carboxylic acid groups (broad SMARTS) is 1. The minimum atomic E-state index is -1.16. The lowest BCUT2D eigenvalue weighted by Gasteiger charge is -2.08. The maximum absolute atomic E-state index is 12.4. The first-order valence-corrected chi connectivity index (χ1v) is 12.1. The molecule has 0 saturated carbocycles. The molecule has 30 heavy (non-hydrogen) atoms. The van der Waals surface area contributed by atoms with Crippen molar-refractivity contribution in [3.05, 3.63) is 45.5 Å². The van der Waals surface area contributed by atoms with Gasteiger partial charge in [0, 0.05) is 6.42 Å². The van der Waals surface area contributed by atoms with Crippen LogP contribution in [0.4, 0.5) is 0 Å². The lowest BCUT2D eigenvalue weighted by molar-refractivity contribution is 0.0697. The third-order valence-corrected chi connectivity index (χ3v) is 5.97. The quantitative estimate of drug-likeness (QED) is 0.145. The Bertz CT molecular complexity index is 683. The fraction of sp³-hybridized carbons (Fsp3) is 0.600. The first-order chi connectivity index (χ1) is 14.5. The molecule has 0 aromatic heterocycles. The summed E-state index contributed by atoms with van der Waals surface area (Å²) in [6, 6.07) is 2.75. The molecular weight excluding hydrogens is 419 g/mol. The Morgan fingerprint density at radius 2 is 1.37 bits per heavy atom. The van der Waals surface area contributed by atoms with Crippen molar-refractivity contribution in [1.29, 1.82) is 0 Å². The summed E-state index contributed by atoms with van der Waals surface area (Å²) in [7, 11) is 0. The molecule has 0 amide bonds. The van der Waals surface area contributed by atoms with E-state index in [0.717, 1.165) is 32.1 Å². The molecule has 0 aliphatic carbocycles. The summed E-state index contributed by atoms with van der Waals surface area (Å²) >= 11 is 12.1. The zero-order valence-electron chi connectivity index (χ0n) is 18.2. The van der Waals surface area contributed by atoms with Crippen LogP contribution >= 0.6 is 23.2 Å². The fourth-order valence-corrected chi connectivity index (χ4v) is 4.12. The molecule has 0 aliphatic heterocycles.